The Morgan fingerprint density at radius 1 is 0.844 bits per heavy atom. The molecule has 0 nitrogen and oxygen atoms in total. The van der Waals surface area contributed by atoms with E-state index in [-0.39, 0.29) is 0 Å². The van der Waals surface area contributed by atoms with E-state index < -0.39 is 8.07 Å². The minimum atomic E-state index is -1.93. The first-order valence-electron chi connectivity index (χ1n) is 11.4. The first kappa shape index (κ1) is 20.8. The van der Waals surface area contributed by atoms with Gasteiger partial charge in [-0.2, -0.15) is 0 Å². The molecule has 0 fully saturated rings. The van der Waals surface area contributed by atoms with Crippen LogP contribution in [0.15, 0.2) is 103 Å². The van der Waals surface area contributed by atoms with Crippen LogP contribution in [0, 0.1) is 0 Å². The molecule has 6 rings (SSSR count). The number of hydrogen-bond donors (Lipinski definition) is 0. The number of rotatable bonds is 2. The van der Waals surface area contributed by atoms with E-state index in [0.29, 0.717) is 10.8 Å². The van der Waals surface area contributed by atoms with Crippen molar-refractivity contribution in [3.63, 3.8) is 0 Å². The summed E-state index contributed by atoms with van der Waals surface area (Å²) >= 11 is 6.05. The second-order valence-electron chi connectivity index (χ2n) is 9.97. The Morgan fingerprint density at radius 3 is 2.06 bits per heavy atom. The fraction of sp³-hybridized carbons (Fsp3) is 0.241. The summed E-state index contributed by atoms with van der Waals surface area (Å²) in [5.74, 6) is 0. The highest BCUT2D eigenvalue weighted by Gasteiger charge is 2.47. The zero-order valence-electron chi connectivity index (χ0n) is 19.2. The van der Waals surface area contributed by atoms with Gasteiger partial charge in [-0.15, -0.1) is 11.8 Å². The maximum absolute atomic E-state index is 4.04. The lowest BCUT2D eigenvalue weighted by Gasteiger charge is -2.36. The van der Waals surface area contributed by atoms with Crippen molar-refractivity contribution >= 4 is 35.8 Å². The van der Waals surface area contributed by atoms with E-state index in [1.807, 2.05) is 11.8 Å². The Morgan fingerprint density at radius 2 is 1.44 bits per heavy atom. The van der Waals surface area contributed by atoms with E-state index in [9.17, 15) is 0 Å². The molecule has 0 radical (unpaired) electrons. The van der Waals surface area contributed by atoms with E-state index in [1.54, 1.807) is 5.20 Å². The van der Waals surface area contributed by atoms with Gasteiger partial charge in [0.1, 0.15) is 0 Å². The van der Waals surface area contributed by atoms with E-state index in [0.717, 1.165) is 0 Å². The maximum Gasteiger partial charge on any atom is 0.0939 e. The molecule has 160 valence electrons. The van der Waals surface area contributed by atoms with E-state index in [1.165, 1.54) is 59.5 Å². The number of halogens is 1. The van der Waals surface area contributed by atoms with Crippen molar-refractivity contribution < 1.29 is 0 Å². The fourth-order valence-corrected chi connectivity index (χ4v) is 13.1. The van der Waals surface area contributed by atoms with Crippen LogP contribution >= 0.6 is 27.7 Å². The van der Waals surface area contributed by atoms with Crippen LogP contribution in [-0.2, 0) is 0 Å². The highest BCUT2D eigenvalue weighted by molar-refractivity contribution is 9.12. The Hall–Kier alpha value is -1.81. The summed E-state index contributed by atoms with van der Waals surface area (Å²) in [7, 11) is -1.93. The average Bonchev–Trinajstić information content (AvgIpc) is 3.38. The van der Waals surface area contributed by atoms with Gasteiger partial charge in [0.2, 0.25) is 0 Å². The van der Waals surface area contributed by atoms with Crippen LogP contribution in [0.25, 0.3) is 11.1 Å². The molecular formula is C29H27BrSSi. The van der Waals surface area contributed by atoms with Crippen LogP contribution < -0.4 is 0 Å². The zero-order valence-corrected chi connectivity index (χ0v) is 22.6. The second-order valence-corrected chi connectivity index (χ2v) is 16.6. The molecule has 1 atom stereocenters. The lowest BCUT2D eigenvalue weighted by atomic mass is 9.92. The van der Waals surface area contributed by atoms with Crippen LogP contribution in [0.3, 0.4) is 0 Å². The van der Waals surface area contributed by atoms with Crippen molar-refractivity contribution in [2.75, 3.05) is 0 Å². The van der Waals surface area contributed by atoms with Gasteiger partial charge in [-0.1, -0.05) is 79.4 Å². The lowest BCUT2D eigenvalue weighted by molar-refractivity contribution is 1.11. The summed E-state index contributed by atoms with van der Waals surface area (Å²) in [5, 5.41) is 2.08. The number of hydrogen-bond acceptors (Lipinski definition) is 1. The van der Waals surface area contributed by atoms with E-state index in [4.69, 9.17) is 0 Å². The first-order valence-corrected chi connectivity index (χ1v) is 16.1. The summed E-state index contributed by atoms with van der Waals surface area (Å²) in [6.07, 6.45) is 5.02. The van der Waals surface area contributed by atoms with Crippen LogP contribution in [0.1, 0.15) is 37.4 Å². The Bertz CT molecular complexity index is 1320. The number of benzene rings is 2. The van der Waals surface area contributed by atoms with Gasteiger partial charge < -0.3 is 0 Å². The van der Waals surface area contributed by atoms with Gasteiger partial charge in [0.25, 0.3) is 0 Å². The molecule has 3 heteroatoms. The third-order valence-electron chi connectivity index (χ3n) is 7.83. The highest BCUT2D eigenvalue weighted by atomic mass is 79.9. The summed E-state index contributed by atoms with van der Waals surface area (Å²) in [4.78, 5) is 1.46. The monoisotopic (exact) mass is 514 g/mol. The van der Waals surface area contributed by atoms with Gasteiger partial charge in [-0.25, -0.2) is 0 Å². The lowest BCUT2D eigenvalue weighted by Crippen LogP contribution is -2.39. The molecule has 0 saturated carbocycles. The standard InChI is InChI=1S/C29H27BrSSi/c1-16-14-23-24(15-25-26(27(23)30)17(2)18(3)31-25)28(16)32(4,5)29-21-12-8-6-10-19(21)20-11-7-9-13-22(20)29/h6-15,25,29H,1-5H3. The Labute approximate surface area is 205 Å². The fourth-order valence-electron chi connectivity index (χ4n) is 6.45. The predicted molar refractivity (Wildman–Crippen MR) is 146 cm³/mol. The molecule has 32 heavy (non-hydrogen) atoms. The van der Waals surface area contributed by atoms with Crippen molar-refractivity contribution in [1.29, 1.82) is 0 Å². The number of thioether (sulfide) groups is 1. The van der Waals surface area contributed by atoms with Crippen LogP contribution in [0.5, 0.6) is 0 Å². The molecule has 0 spiro atoms. The van der Waals surface area contributed by atoms with Crippen molar-refractivity contribution in [2.45, 2.75) is 44.7 Å². The van der Waals surface area contributed by atoms with Crippen molar-refractivity contribution in [2.24, 2.45) is 0 Å². The van der Waals surface area contributed by atoms with Gasteiger partial charge in [0.15, 0.2) is 0 Å². The van der Waals surface area contributed by atoms with Crippen molar-refractivity contribution in [1.82, 2.24) is 0 Å². The van der Waals surface area contributed by atoms with Gasteiger partial charge in [0, 0.05) is 10.0 Å². The third kappa shape index (κ3) is 2.68. The predicted octanol–water partition coefficient (Wildman–Crippen LogP) is 8.84. The van der Waals surface area contributed by atoms with E-state index >= 15 is 0 Å². The molecule has 1 aliphatic heterocycles. The quantitative estimate of drug-likeness (QED) is 0.360. The topological polar surface area (TPSA) is 0 Å². The Kier molecular flexibility index (Phi) is 4.60. The minimum Gasteiger partial charge on any atom is -0.118 e. The second kappa shape index (κ2) is 7.09. The summed E-state index contributed by atoms with van der Waals surface area (Å²) in [6, 6.07) is 18.2. The van der Waals surface area contributed by atoms with E-state index in [2.05, 4.69) is 110 Å². The molecule has 4 aliphatic rings. The SMILES string of the molecule is CC1=C([Si](C)(C)C2c3ccccc3-c3ccccc32)C2=CC3SC(C)=C(C)C3=C(Br)C2=C1. The summed E-state index contributed by atoms with van der Waals surface area (Å²) < 4.78 is 1.31. The maximum atomic E-state index is 4.04. The number of allylic oxidation sites excluding steroid dienone is 8. The third-order valence-corrected chi connectivity index (χ3v) is 14.0. The normalized spacial score (nSPS) is 22.1. The summed E-state index contributed by atoms with van der Waals surface area (Å²) in [6.45, 7) is 12.1. The van der Waals surface area contributed by atoms with Crippen molar-refractivity contribution in [3.05, 3.63) is 114 Å². The smallest absolute Gasteiger partial charge is 0.0939 e. The largest absolute Gasteiger partial charge is 0.118 e. The minimum absolute atomic E-state index is 0.436. The molecule has 0 bridgehead atoms. The molecular weight excluding hydrogens is 488 g/mol. The van der Waals surface area contributed by atoms with Gasteiger partial charge in [0.05, 0.1) is 13.3 Å². The van der Waals surface area contributed by atoms with Crippen LogP contribution in [0.4, 0.5) is 0 Å². The highest BCUT2D eigenvalue weighted by Crippen LogP contribution is 2.57. The molecule has 1 unspecified atom stereocenters. The van der Waals surface area contributed by atoms with Crippen molar-refractivity contribution in [3.8, 4) is 11.1 Å². The molecule has 0 N–H and O–H groups in total. The van der Waals surface area contributed by atoms with Gasteiger partial charge >= 0.3 is 0 Å². The molecule has 0 amide bonds. The molecule has 2 aromatic rings. The summed E-state index contributed by atoms with van der Waals surface area (Å²) in [5.41, 5.74) is 13.7. The average molecular weight is 516 g/mol. The first-order chi connectivity index (χ1) is 15.3. The molecule has 1 heterocycles. The molecule has 0 aromatic heterocycles. The molecule has 3 aliphatic carbocycles. The molecule has 0 saturated heterocycles. The number of fused-ring (bicyclic) bond motifs is 5. The van der Waals surface area contributed by atoms with Gasteiger partial charge in [-0.3, -0.25) is 0 Å². The molecule has 2 aromatic carbocycles. The van der Waals surface area contributed by atoms with Gasteiger partial charge in [-0.05, 0) is 91.3 Å². The zero-order chi connectivity index (χ0) is 22.4. The van der Waals surface area contributed by atoms with Crippen LogP contribution in [-0.4, -0.2) is 13.3 Å². The Balaban J connectivity index is 1.50. The van der Waals surface area contributed by atoms with Crippen LogP contribution in [0.2, 0.25) is 13.1 Å².